The summed E-state index contributed by atoms with van der Waals surface area (Å²) in [5.41, 5.74) is 7.74. The lowest BCUT2D eigenvalue weighted by molar-refractivity contribution is 0.103. The maximum absolute atomic E-state index is 11.8. The van der Waals surface area contributed by atoms with Crippen LogP contribution in [0.1, 0.15) is 26.9 Å². The fourth-order valence-electron chi connectivity index (χ4n) is 1.85. The topological polar surface area (TPSA) is 131 Å². The maximum Gasteiger partial charge on any atom is 0.244 e. The van der Waals surface area contributed by atoms with E-state index in [4.69, 9.17) is 5.73 Å². The van der Waals surface area contributed by atoms with Gasteiger partial charge in [0.15, 0.2) is 0 Å². The SMILES string of the molecule is Nc1ccc(Cc2nc(C(O)=CC(=O)c3nn[nH]n3)cs2)cc1. The van der Waals surface area contributed by atoms with Gasteiger partial charge >= 0.3 is 0 Å². The van der Waals surface area contributed by atoms with Crippen molar-refractivity contribution in [3.05, 3.63) is 57.8 Å². The van der Waals surface area contributed by atoms with Crippen LogP contribution in [0.15, 0.2) is 35.7 Å². The summed E-state index contributed by atoms with van der Waals surface area (Å²) in [7, 11) is 0. The summed E-state index contributed by atoms with van der Waals surface area (Å²) in [5, 5.41) is 25.1. The van der Waals surface area contributed by atoms with Crippen LogP contribution in [-0.4, -0.2) is 36.5 Å². The van der Waals surface area contributed by atoms with Gasteiger partial charge in [-0.2, -0.15) is 5.21 Å². The molecule has 2 heterocycles. The molecule has 116 valence electrons. The van der Waals surface area contributed by atoms with Gasteiger partial charge in [0.05, 0.1) is 5.01 Å². The zero-order valence-electron chi connectivity index (χ0n) is 11.8. The summed E-state index contributed by atoms with van der Waals surface area (Å²) >= 11 is 1.40. The Morgan fingerprint density at radius 3 is 2.83 bits per heavy atom. The first-order valence-corrected chi connectivity index (χ1v) is 7.47. The second-order valence-electron chi connectivity index (χ2n) is 4.67. The zero-order valence-corrected chi connectivity index (χ0v) is 12.6. The Morgan fingerprint density at radius 2 is 2.13 bits per heavy atom. The number of thiazole rings is 1. The fourth-order valence-corrected chi connectivity index (χ4v) is 2.67. The Kier molecular flexibility index (Phi) is 4.11. The predicted molar refractivity (Wildman–Crippen MR) is 84.9 cm³/mol. The van der Waals surface area contributed by atoms with E-state index < -0.39 is 5.78 Å². The number of nitrogens with zero attached hydrogens (tertiary/aromatic N) is 4. The standard InChI is InChI=1S/C14H12N6O2S/c15-9-3-1-8(2-4-9)5-13-16-10(7-23-13)11(21)6-12(22)14-17-19-20-18-14/h1-4,6-7,21H,5,15H2,(H,17,18,19,20). The van der Waals surface area contributed by atoms with E-state index in [1.807, 2.05) is 24.3 Å². The number of allylic oxidation sites excluding steroid dienone is 1. The molecule has 0 aliphatic heterocycles. The molecule has 0 saturated carbocycles. The predicted octanol–water partition coefficient (Wildman–Crippen LogP) is 1.61. The average Bonchev–Trinajstić information content (AvgIpc) is 3.21. The molecule has 0 aliphatic carbocycles. The van der Waals surface area contributed by atoms with Crippen LogP contribution in [0.25, 0.3) is 5.76 Å². The van der Waals surface area contributed by atoms with Gasteiger partial charge in [0.2, 0.25) is 11.6 Å². The van der Waals surface area contributed by atoms with Crippen molar-refractivity contribution in [3.8, 4) is 0 Å². The smallest absolute Gasteiger partial charge is 0.244 e. The maximum atomic E-state index is 11.8. The lowest BCUT2D eigenvalue weighted by Crippen LogP contribution is -1.99. The Balaban J connectivity index is 1.73. The molecule has 0 amide bonds. The summed E-state index contributed by atoms with van der Waals surface area (Å²) in [6.07, 6.45) is 1.64. The van der Waals surface area contributed by atoms with Gasteiger partial charge in [-0.05, 0) is 22.9 Å². The second kappa shape index (κ2) is 6.36. The number of aromatic amines is 1. The molecule has 1 aromatic carbocycles. The number of hydrogen-bond donors (Lipinski definition) is 3. The Labute approximate surface area is 134 Å². The molecular weight excluding hydrogens is 316 g/mol. The first kappa shape index (κ1) is 14.9. The lowest BCUT2D eigenvalue weighted by Gasteiger charge is -1.98. The van der Waals surface area contributed by atoms with Crippen LogP contribution >= 0.6 is 11.3 Å². The van der Waals surface area contributed by atoms with Crippen LogP contribution in [0.5, 0.6) is 0 Å². The highest BCUT2D eigenvalue weighted by atomic mass is 32.1. The first-order valence-electron chi connectivity index (χ1n) is 6.59. The van der Waals surface area contributed by atoms with Crippen LogP contribution in [0, 0.1) is 0 Å². The van der Waals surface area contributed by atoms with Crippen molar-refractivity contribution in [2.45, 2.75) is 6.42 Å². The number of nitrogen functional groups attached to an aromatic ring is 1. The van der Waals surface area contributed by atoms with Crippen molar-refractivity contribution in [3.63, 3.8) is 0 Å². The van der Waals surface area contributed by atoms with E-state index >= 15 is 0 Å². The van der Waals surface area contributed by atoms with Crippen molar-refractivity contribution in [2.24, 2.45) is 0 Å². The molecule has 23 heavy (non-hydrogen) atoms. The average molecular weight is 328 g/mol. The number of nitrogens with one attached hydrogen (secondary N) is 1. The molecule has 8 nitrogen and oxygen atoms in total. The van der Waals surface area contributed by atoms with Crippen molar-refractivity contribution < 1.29 is 9.90 Å². The number of tetrazole rings is 1. The molecule has 0 bridgehead atoms. The molecule has 0 radical (unpaired) electrons. The molecule has 3 aromatic rings. The minimum absolute atomic E-state index is 0.117. The number of nitrogens with two attached hydrogens (primary N) is 1. The quantitative estimate of drug-likeness (QED) is 0.281. The van der Waals surface area contributed by atoms with Gasteiger partial charge in [-0.1, -0.05) is 12.1 Å². The van der Waals surface area contributed by atoms with E-state index in [9.17, 15) is 9.90 Å². The highest BCUT2D eigenvalue weighted by Gasteiger charge is 2.12. The van der Waals surface area contributed by atoms with Gasteiger partial charge in [0.25, 0.3) is 0 Å². The molecule has 0 aliphatic rings. The third kappa shape index (κ3) is 3.58. The zero-order chi connectivity index (χ0) is 16.2. The van der Waals surface area contributed by atoms with E-state index in [1.165, 1.54) is 11.3 Å². The number of aliphatic hydroxyl groups excluding tert-OH is 1. The first-order chi connectivity index (χ1) is 11.1. The van der Waals surface area contributed by atoms with Crippen LogP contribution in [0.3, 0.4) is 0 Å². The Bertz CT molecular complexity index is 839. The number of rotatable bonds is 5. The Morgan fingerprint density at radius 1 is 1.35 bits per heavy atom. The number of ketones is 1. The third-order valence-electron chi connectivity index (χ3n) is 2.98. The van der Waals surface area contributed by atoms with Crippen LogP contribution in [0.2, 0.25) is 0 Å². The summed E-state index contributed by atoms with van der Waals surface area (Å²) in [6, 6.07) is 7.49. The molecule has 0 spiro atoms. The number of hydrogen-bond acceptors (Lipinski definition) is 8. The van der Waals surface area contributed by atoms with Crippen LogP contribution in [0.4, 0.5) is 5.69 Å². The number of anilines is 1. The van der Waals surface area contributed by atoms with E-state index in [0.29, 0.717) is 17.8 Å². The molecule has 0 atom stereocenters. The van der Waals surface area contributed by atoms with Crippen molar-refractivity contribution >= 4 is 28.6 Å². The van der Waals surface area contributed by atoms with Gasteiger partial charge in [-0.25, -0.2) is 4.98 Å². The van der Waals surface area contributed by atoms with Crippen LogP contribution < -0.4 is 5.73 Å². The van der Waals surface area contributed by atoms with Gasteiger partial charge in [-0.15, -0.1) is 21.5 Å². The highest BCUT2D eigenvalue weighted by molar-refractivity contribution is 7.09. The van der Waals surface area contributed by atoms with Crippen molar-refractivity contribution in [1.29, 1.82) is 0 Å². The largest absolute Gasteiger partial charge is 0.506 e. The van der Waals surface area contributed by atoms with E-state index in [-0.39, 0.29) is 11.6 Å². The number of benzene rings is 1. The number of aliphatic hydroxyl groups is 1. The molecule has 4 N–H and O–H groups in total. The molecule has 3 rings (SSSR count). The van der Waals surface area contributed by atoms with E-state index in [0.717, 1.165) is 16.6 Å². The monoisotopic (exact) mass is 328 g/mol. The van der Waals surface area contributed by atoms with Crippen LogP contribution in [-0.2, 0) is 6.42 Å². The number of carbonyl (C=O) groups excluding carboxylic acids is 1. The minimum Gasteiger partial charge on any atom is -0.506 e. The number of aromatic nitrogens is 5. The molecule has 0 unspecified atom stereocenters. The number of H-pyrrole nitrogens is 1. The minimum atomic E-state index is -0.552. The Hall–Kier alpha value is -3.07. The lowest BCUT2D eigenvalue weighted by atomic mass is 10.1. The summed E-state index contributed by atoms with van der Waals surface area (Å²) in [5.74, 6) is -0.905. The van der Waals surface area contributed by atoms with Gasteiger partial charge in [-0.3, -0.25) is 4.79 Å². The molecule has 0 fully saturated rings. The normalized spacial score (nSPS) is 11.6. The second-order valence-corrected chi connectivity index (χ2v) is 5.62. The summed E-state index contributed by atoms with van der Waals surface area (Å²) < 4.78 is 0. The van der Waals surface area contributed by atoms with Crippen molar-refractivity contribution in [1.82, 2.24) is 25.6 Å². The fraction of sp³-hybridized carbons (Fsp3) is 0.0714. The summed E-state index contributed by atoms with van der Waals surface area (Å²) in [4.78, 5) is 16.1. The van der Waals surface area contributed by atoms with Gasteiger partial charge in [0, 0.05) is 23.6 Å². The molecule has 9 heteroatoms. The molecule has 0 saturated heterocycles. The molecular formula is C14H12N6O2S. The van der Waals surface area contributed by atoms with E-state index in [1.54, 1.807) is 5.38 Å². The van der Waals surface area contributed by atoms with Crippen molar-refractivity contribution in [2.75, 3.05) is 5.73 Å². The highest BCUT2D eigenvalue weighted by Crippen LogP contribution is 2.19. The van der Waals surface area contributed by atoms with Gasteiger partial charge < -0.3 is 10.8 Å². The van der Waals surface area contributed by atoms with Gasteiger partial charge in [0.1, 0.15) is 11.5 Å². The number of carbonyl (C=O) groups is 1. The third-order valence-corrected chi connectivity index (χ3v) is 3.83. The molecule has 2 aromatic heterocycles. The summed E-state index contributed by atoms with van der Waals surface area (Å²) in [6.45, 7) is 0. The van der Waals surface area contributed by atoms with E-state index in [2.05, 4.69) is 25.6 Å².